The lowest BCUT2D eigenvalue weighted by Gasteiger charge is -2.15. The molecule has 12 heavy (non-hydrogen) atoms. The number of hydrazone groups is 1. The van der Waals surface area contributed by atoms with Gasteiger partial charge < -0.3 is 5.73 Å². The van der Waals surface area contributed by atoms with E-state index in [1.165, 1.54) is 6.42 Å². The first-order chi connectivity index (χ1) is 5.59. The molecule has 1 aliphatic rings. The smallest absolute Gasteiger partial charge is 0.124 e. The fraction of sp³-hybridized carbons (Fsp3) is 0.889. The lowest BCUT2D eigenvalue weighted by atomic mass is 10.1. The van der Waals surface area contributed by atoms with Gasteiger partial charge in [-0.1, -0.05) is 20.8 Å². The van der Waals surface area contributed by atoms with Gasteiger partial charge in [0.2, 0.25) is 0 Å². The molecule has 1 unspecified atom stereocenters. The van der Waals surface area contributed by atoms with Gasteiger partial charge in [0.1, 0.15) is 5.84 Å². The molecule has 0 amide bonds. The summed E-state index contributed by atoms with van der Waals surface area (Å²) in [6.45, 7) is 8.62. The molecule has 0 saturated carbocycles. The average molecular weight is 169 g/mol. The Morgan fingerprint density at radius 1 is 1.67 bits per heavy atom. The van der Waals surface area contributed by atoms with E-state index in [2.05, 4.69) is 30.9 Å². The maximum absolute atomic E-state index is 5.68. The summed E-state index contributed by atoms with van der Waals surface area (Å²) < 4.78 is 0. The molecule has 0 radical (unpaired) electrons. The molecule has 0 aliphatic carbocycles. The second-order valence-corrected chi connectivity index (χ2v) is 4.02. The van der Waals surface area contributed by atoms with Gasteiger partial charge in [-0.05, 0) is 12.3 Å². The molecule has 1 atom stereocenters. The van der Waals surface area contributed by atoms with E-state index in [0.29, 0.717) is 5.92 Å². The molecular formula is C9H19N3. The summed E-state index contributed by atoms with van der Waals surface area (Å²) in [6.07, 6.45) is 1.20. The zero-order chi connectivity index (χ0) is 9.14. The number of amidine groups is 1. The zero-order valence-corrected chi connectivity index (χ0v) is 8.25. The minimum atomic E-state index is 0.442. The molecular weight excluding hydrogens is 150 g/mol. The highest BCUT2D eigenvalue weighted by Gasteiger charge is 2.19. The van der Waals surface area contributed by atoms with E-state index in [-0.39, 0.29) is 0 Å². The Morgan fingerprint density at radius 3 is 2.75 bits per heavy atom. The number of hydrogen-bond donors (Lipinski definition) is 1. The summed E-state index contributed by atoms with van der Waals surface area (Å²) in [5.74, 6) is 1.98. The first-order valence-electron chi connectivity index (χ1n) is 4.68. The van der Waals surface area contributed by atoms with E-state index in [0.717, 1.165) is 24.8 Å². The number of rotatable bonds is 3. The Kier molecular flexibility index (Phi) is 2.95. The van der Waals surface area contributed by atoms with Crippen LogP contribution in [0.15, 0.2) is 5.10 Å². The summed E-state index contributed by atoms with van der Waals surface area (Å²) in [5, 5.41) is 6.35. The van der Waals surface area contributed by atoms with Crippen molar-refractivity contribution in [3.05, 3.63) is 0 Å². The standard InChI is InChI=1S/C9H19N3/c1-7(2)4-5-12-6-8(3)9(10)11-12/h7-8H,4-6H2,1-3H3,(H2,10,11). The molecule has 1 aliphatic heterocycles. The molecule has 0 fully saturated rings. The van der Waals surface area contributed by atoms with Gasteiger partial charge in [0.15, 0.2) is 0 Å². The quantitative estimate of drug-likeness (QED) is 0.691. The van der Waals surface area contributed by atoms with Crippen molar-refractivity contribution in [2.24, 2.45) is 22.7 Å². The fourth-order valence-electron chi connectivity index (χ4n) is 1.26. The van der Waals surface area contributed by atoms with Crippen LogP contribution in [0.5, 0.6) is 0 Å². The SMILES string of the molecule is CC(C)CCN1CC(C)C(N)=N1. The summed E-state index contributed by atoms with van der Waals surface area (Å²) in [4.78, 5) is 0. The van der Waals surface area contributed by atoms with Gasteiger partial charge in [-0.15, -0.1) is 0 Å². The van der Waals surface area contributed by atoms with Crippen molar-refractivity contribution in [3.8, 4) is 0 Å². The average Bonchev–Trinajstić information content (AvgIpc) is 2.28. The molecule has 70 valence electrons. The van der Waals surface area contributed by atoms with Crippen LogP contribution in [0.25, 0.3) is 0 Å². The topological polar surface area (TPSA) is 41.6 Å². The van der Waals surface area contributed by atoms with Crippen LogP contribution >= 0.6 is 0 Å². The van der Waals surface area contributed by atoms with Gasteiger partial charge in [0.25, 0.3) is 0 Å². The Bertz CT molecular complexity index is 175. The van der Waals surface area contributed by atoms with Gasteiger partial charge >= 0.3 is 0 Å². The highest BCUT2D eigenvalue weighted by atomic mass is 15.5. The molecule has 3 heteroatoms. The number of nitrogens with two attached hydrogens (primary N) is 1. The molecule has 0 bridgehead atoms. The summed E-state index contributed by atoms with van der Waals surface area (Å²) in [5.41, 5.74) is 5.68. The number of hydrogen-bond acceptors (Lipinski definition) is 3. The molecule has 1 heterocycles. The van der Waals surface area contributed by atoms with Crippen molar-refractivity contribution in [1.29, 1.82) is 0 Å². The van der Waals surface area contributed by atoms with Crippen molar-refractivity contribution in [2.75, 3.05) is 13.1 Å². The van der Waals surface area contributed by atoms with E-state index < -0.39 is 0 Å². The molecule has 0 aromatic carbocycles. The molecule has 0 aromatic heterocycles. The zero-order valence-electron chi connectivity index (χ0n) is 8.25. The van der Waals surface area contributed by atoms with Gasteiger partial charge in [0, 0.05) is 19.0 Å². The van der Waals surface area contributed by atoms with E-state index in [1.807, 2.05) is 0 Å². The van der Waals surface area contributed by atoms with Crippen LogP contribution in [0.1, 0.15) is 27.2 Å². The van der Waals surface area contributed by atoms with Crippen molar-refractivity contribution in [2.45, 2.75) is 27.2 Å². The van der Waals surface area contributed by atoms with Crippen LogP contribution in [0.4, 0.5) is 0 Å². The van der Waals surface area contributed by atoms with E-state index in [1.54, 1.807) is 0 Å². The van der Waals surface area contributed by atoms with Gasteiger partial charge in [-0.3, -0.25) is 5.01 Å². The molecule has 2 N–H and O–H groups in total. The third-order valence-corrected chi connectivity index (χ3v) is 2.21. The molecule has 0 spiro atoms. The van der Waals surface area contributed by atoms with Crippen LogP contribution in [-0.2, 0) is 0 Å². The second kappa shape index (κ2) is 3.78. The number of nitrogens with zero attached hydrogens (tertiary/aromatic N) is 2. The van der Waals surface area contributed by atoms with Crippen LogP contribution in [0, 0.1) is 11.8 Å². The van der Waals surface area contributed by atoms with E-state index in [9.17, 15) is 0 Å². The summed E-state index contributed by atoms with van der Waals surface area (Å²) in [6, 6.07) is 0. The first-order valence-corrected chi connectivity index (χ1v) is 4.68. The minimum Gasteiger partial charge on any atom is -0.385 e. The van der Waals surface area contributed by atoms with Crippen molar-refractivity contribution in [3.63, 3.8) is 0 Å². The van der Waals surface area contributed by atoms with Crippen molar-refractivity contribution < 1.29 is 0 Å². The second-order valence-electron chi connectivity index (χ2n) is 4.02. The maximum atomic E-state index is 5.68. The summed E-state index contributed by atoms with van der Waals surface area (Å²) >= 11 is 0. The van der Waals surface area contributed by atoms with Crippen LogP contribution < -0.4 is 5.73 Å². The van der Waals surface area contributed by atoms with E-state index >= 15 is 0 Å². The Morgan fingerprint density at radius 2 is 2.33 bits per heavy atom. The Balaban J connectivity index is 2.28. The largest absolute Gasteiger partial charge is 0.385 e. The summed E-state index contributed by atoms with van der Waals surface area (Å²) in [7, 11) is 0. The van der Waals surface area contributed by atoms with Crippen LogP contribution in [0.2, 0.25) is 0 Å². The van der Waals surface area contributed by atoms with Gasteiger partial charge in [-0.2, -0.15) is 5.10 Å². The van der Waals surface area contributed by atoms with Crippen LogP contribution in [0.3, 0.4) is 0 Å². The molecule has 1 rings (SSSR count). The van der Waals surface area contributed by atoms with Crippen molar-refractivity contribution in [1.82, 2.24) is 5.01 Å². The predicted octanol–water partition coefficient (Wildman–Crippen LogP) is 1.26. The normalized spacial score (nSPS) is 23.5. The third kappa shape index (κ3) is 2.40. The monoisotopic (exact) mass is 169 g/mol. The highest BCUT2D eigenvalue weighted by Crippen LogP contribution is 2.11. The fourth-order valence-corrected chi connectivity index (χ4v) is 1.26. The maximum Gasteiger partial charge on any atom is 0.124 e. The predicted molar refractivity (Wildman–Crippen MR) is 51.8 cm³/mol. The molecule has 3 nitrogen and oxygen atoms in total. The molecule has 0 aromatic rings. The van der Waals surface area contributed by atoms with Crippen LogP contribution in [-0.4, -0.2) is 23.9 Å². The van der Waals surface area contributed by atoms with Gasteiger partial charge in [-0.25, -0.2) is 0 Å². The van der Waals surface area contributed by atoms with Gasteiger partial charge in [0.05, 0.1) is 0 Å². The lowest BCUT2D eigenvalue weighted by molar-refractivity contribution is 0.280. The molecule has 0 saturated heterocycles. The minimum absolute atomic E-state index is 0.442. The Labute approximate surface area is 74.6 Å². The van der Waals surface area contributed by atoms with Crippen molar-refractivity contribution >= 4 is 5.84 Å². The first kappa shape index (κ1) is 9.36. The third-order valence-electron chi connectivity index (χ3n) is 2.21. The lowest BCUT2D eigenvalue weighted by Crippen LogP contribution is -2.21. The van der Waals surface area contributed by atoms with E-state index in [4.69, 9.17) is 5.73 Å². The highest BCUT2D eigenvalue weighted by molar-refractivity contribution is 5.83. The Hall–Kier alpha value is -0.730.